The standard InChI is InChI=1S/C9H18N4O2.ClH/c1-2-4-7(8(14)12-10)9(15)13-6-3-5-11-13;/h7,11H,2-6,10H2,1H3,(H,12,14);1H. The highest BCUT2D eigenvalue weighted by molar-refractivity contribution is 5.99. The molecular formula is C9H19ClN4O2. The Morgan fingerprint density at radius 1 is 1.56 bits per heavy atom. The number of nitrogens with two attached hydrogens (primary N) is 1. The highest BCUT2D eigenvalue weighted by Gasteiger charge is 2.30. The zero-order valence-corrected chi connectivity index (χ0v) is 10.2. The first kappa shape index (κ1) is 15.2. The summed E-state index contributed by atoms with van der Waals surface area (Å²) >= 11 is 0. The van der Waals surface area contributed by atoms with Crippen LogP contribution in [0.15, 0.2) is 0 Å². The van der Waals surface area contributed by atoms with Crippen molar-refractivity contribution < 1.29 is 9.59 Å². The van der Waals surface area contributed by atoms with E-state index in [0.717, 1.165) is 19.4 Å². The molecule has 1 atom stereocenters. The maximum atomic E-state index is 11.9. The van der Waals surface area contributed by atoms with Crippen molar-refractivity contribution in [2.75, 3.05) is 13.1 Å². The van der Waals surface area contributed by atoms with Crippen LogP contribution in [0.4, 0.5) is 0 Å². The van der Waals surface area contributed by atoms with Gasteiger partial charge in [-0.05, 0) is 12.8 Å². The van der Waals surface area contributed by atoms with Gasteiger partial charge < -0.3 is 0 Å². The number of carbonyl (C=O) groups is 2. The van der Waals surface area contributed by atoms with Crippen LogP contribution in [-0.4, -0.2) is 29.9 Å². The van der Waals surface area contributed by atoms with Gasteiger partial charge in [-0.2, -0.15) is 0 Å². The fraction of sp³-hybridized carbons (Fsp3) is 0.778. The molecule has 1 fully saturated rings. The highest BCUT2D eigenvalue weighted by Crippen LogP contribution is 2.11. The van der Waals surface area contributed by atoms with E-state index in [9.17, 15) is 9.59 Å². The van der Waals surface area contributed by atoms with Crippen LogP contribution in [0.1, 0.15) is 26.2 Å². The van der Waals surface area contributed by atoms with Crippen LogP contribution in [0.25, 0.3) is 0 Å². The van der Waals surface area contributed by atoms with Crippen LogP contribution < -0.4 is 16.7 Å². The molecule has 4 N–H and O–H groups in total. The molecule has 0 spiro atoms. The van der Waals surface area contributed by atoms with Crippen molar-refractivity contribution in [2.24, 2.45) is 11.8 Å². The van der Waals surface area contributed by atoms with Gasteiger partial charge in [0, 0.05) is 13.1 Å². The van der Waals surface area contributed by atoms with E-state index in [4.69, 9.17) is 5.84 Å². The Bertz CT molecular complexity index is 244. The minimum atomic E-state index is -0.661. The number of hydrogen-bond acceptors (Lipinski definition) is 4. The van der Waals surface area contributed by atoms with Crippen molar-refractivity contribution in [3.05, 3.63) is 0 Å². The van der Waals surface area contributed by atoms with Gasteiger partial charge in [0.1, 0.15) is 5.92 Å². The average molecular weight is 251 g/mol. The Balaban J connectivity index is 0.00000225. The fourth-order valence-corrected chi connectivity index (χ4v) is 1.66. The third-order valence-corrected chi connectivity index (χ3v) is 2.46. The third-order valence-electron chi connectivity index (χ3n) is 2.46. The molecular weight excluding hydrogens is 232 g/mol. The van der Waals surface area contributed by atoms with E-state index >= 15 is 0 Å². The van der Waals surface area contributed by atoms with Crippen molar-refractivity contribution >= 4 is 24.2 Å². The lowest BCUT2D eigenvalue weighted by Gasteiger charge is -2.21. The van der Waals surface area contributed by atoms with Gasteiger partial charge in [-0.25, -0.2) is 11.3 Å². The molecule has 0 aliphatic carbocycles. The molecule has 2 amide bonds. The Labute approximate surface area is 101 Å². The first-order valence-corrected chi connectivity index (χ1v) is 5.26. The number of amides is 2. The Morgan fingerprint density at radius 3 is 2.69 bits per heavy atom. The maximum absolute atomic E-state index is 11.9. The molecule has 94 valence electrons. The maximum Gasteiger partial charge on any atom is 0.249 e. The summed E-state index contributed by atoms with van der Waals surface area (Å²) in [6.45, 7) is 3.38. The van der Waals surface area contributed by atoms with E-state index in [2.05, 4.69) is 5.43 Å². The zero-order chi connectivity index (χ0) is 11.3. The zero-order valence-electron chi connectivity index (χ0n) is 9.36. The largest absolute Gasteiger partial charge is 0.294 e. The normalized spacial score (nSPS) is 16.5. The lowest BCUT2D eigenvalue weighted by atomic mass is 10.0. The molecule has 0 bridgehead atoms. The second kappa shape index (κ2) is 7.43. The molecule has 0 aromatic carbocycles. The van der Waals surface area contributed by atoms with Gasteiger partial charge in [-0.3, -0.25) is 20.0 Å². The van der Waals surface area contributed by atoms with E-state index in [0.29, 0.717) is 13.0 Å². The van der Waals surface area contributed by atoms with Crippen molar-refractivity contribution in [1.29, 1.82) is 0 Å². The lowest BCUT2D eigenvalue weighted by molar-refractivity contribution is -0.143. The van der Waals surface area contributed by atoms with Crippen LogP contribution in [0.3, 0.4) is 0 Å². The summed E-state index contributed by atoms with van der Waals surface area (Å²) in [4.78, 5) is 23.3. The Morgan fingerprint density at radius 2 is 2.25 bits per heavy atom. The van der Waals surface area contributed by atoms with Crippen LogP contribution in [-0.2, 0) is 9.59 Å². The van der Waals surface area contributed by atoms with Crippen molar-refractivity contribution in [2.45, 2.75) is 26.2 Å². The number of carbonyl (C=O) groups excluding carboxylic acids is 2. The molecule has 1 aliphatic rings. The molecule has 6 nitrogen and oxygen atoms in total. The lowest BCUT2D eigenvalue weighted by Crippen LogP contribution is -2.47. The summed E-state index contributed by atoms with van der Waals surface area (Å²) in [5, 5.41) is 1.51. The number of nitrogens with zero attached hydrogens (tertiary/aromatic N) is 1. The van der Waals surface area contributed by atoms with Crippen LogP contribution >= 0.6 is 12.4 Å². The first-order chi connectivity index (χ1) is 7.20. The van der Waals surface area contributed by atoms with E-state index < -0.39 is 11.8 Å². The SMILES string of the molecule is CCCC(C(=O)NN)C(=O)N1CCCN1.Cl. The van der Waals surface area contributed by atoms with Crippen LogP contribution in [0, 0.1) is 5.92 Å². The smallest absolute Gasteiger partial charge is 0.249 e. The van der Waals surface area contributed by atoms with Gasteiger partial charge in [-0.1, -0.05) is 13.3 Å². The number of hydrogen-bond donors (Lipinski definition) is 3. The molecule has 1 saturated heterocycles. The predicted molar refractivity (Wildman–Crippen MR) is 62.3 cm³/mol. The second-order valence-corrected chi connectivity index (χ2v) is 3.60. The topological polar surface area (TPSA) is 87.5 Å². The summed E-state index contributed by atoms with van der Waals surface area (Å²) in [5.74, 6) is 3.80. The molecule has 1 rings (SSSR count). The molecule has 0 aromatic heterocycles. The van der Waals surface area contributed by atoms with Crippen molar-refractivity contribution in [3.8, 4) is 0 Å². The van der Waals surface area contributed by atoms with Gasteiger partial charge in [0.05, 0.1) is 0 Å². The predicted octanol–water partition coefficient (Wildman–Crippen LogP) is -0.449. The van der Waals surface area contributed by atoms with Crippen molar-refractivity contribution in [1.82, 2.24) is 15.9 Å². The van der Waals surface area contributed by atoms with Crippen LogP contribution in [0.2, 0.25) is 0 Å². The molecule has 7 heteroatoms. The van der Waals surface area contributed by atoms with E-state index in [1.807, 2.05) is 12.3 Å². The molecule has 0 radical (unpaired) electrons. The summed E-state index contributed by atoms with van der Waals surface area (Å²) in [6.07, 6.45) is 2.23. The number of hydrazine groups is 2. The average Bonchev–Trinajstić information content (AvgIpc) is 2.77. The monoisotopic (exact) mass is 250 g/mol. The highest BCUT2D eigenvalue weighted by atomic mass is 35.5. The summed E-state index contributed by atoms with van der Waals surface area (Å²) in [6, 6.07) is 0. The molecule has 1 heterocycles. The second-order valence-electron chi connectivity index (χ2n) is 3.60. The molecule has 16 heavy (non-hydrogen) atoms. The van der Waals surface area contributed by atoms with Crippen LogP contribution in [0.5, 0.6) is 0 Å². The third kappa shape index (κ3) is 3.62. The number of halogens is 1. The van der Waals surface area contributed by atoms with Gasteiger partial charge in [0.2, 0.25) is 11.8 Å². The molecule has 1 unspecified atom stereocenters. The van der Waals surface area contributed by atoms with Gasteiger partial charge in [-0.15, -0.1) is 12.4 Å². The first-order valence-electron chi connectivity index (χ1n) is 5.26. The number of rotatable bonds is 4. The molecule has 0 aromatic rings. The Hall–Kier alpha value is -0.850. The Kier molecular flexibility index (Phi) is 7.03. The van der Waals surface area contributed by atoms with E-state index in [1.165, 1.54) is 5.01 Å². The fourth-order valence-electron chi connectivity index (χ4n) is 1.66. The van der Waals surface area contributed by atoms with E-state index in [-0.39, 0.29) is 18.3 Å². The van der Waals surface area contributed by atoms with Gasteiger partial charge in [0.15, 0.2) is 0 Å². The summed E-state index contributed by atoms with van der Waals surface area (Å²) in [7, 11) is 0. The summed E-state index contributed by atoms with van der Waals surface area (Å²) in [5.41, 5.74) is 4.98. The van der Waals surface area contributed by atoms with Crippen molar-refractivity contribution in [3.63, 3.8) is 0 Å². The van der Waals surface area contributed by atoms with Gasteiger partial charge >= 0.3 is 0 Å². The minimum Gasteiger partial charge on any atom is -0.294 e. The summed E-state index contributed by atoms with van der Waals surface area (Å²) < 4.78 is 0. The number of nitrogens with one attached hydrogen (secondary N) is 2. The van der Waals surface area contributed by atoms with E-state index in [1.54, 1.807) is 0 Å². The molecule has 1 aliphatic heterocycles. The minimum absolute atomic E-state index is 0. The molecule has 0 saturated carbocycles. The quantitative estimate of drug-likeness (QED) is 0.273. The van der Waals surface area contributed by atoms with Gasteiger partial charge in [0.25, 0.3) is 0 Å².